The number of fused-ring (bicyclic) bond motifs is 1. The maximum atomic E-state index is 12.0. The Kier molecular flexibility index (Phi) is 7.26. The first-order chi connectivity index (χ1) is 15.4. The fourth-order valence-electron chi connectivity index (χ4n) is 5.11. The molecular weight excluding hydrogens is 400 g/mol. The number of primary amides is 1. The number of para-hydroxylation sites is 1. The molecule has 1 amide bonds. The maximum Gasteiger partial charge on any atom is 0.240 e. The van der Waals surface area contributed by atoms with Crippen molar-refractivity contribution in [3.63, 3.8) is 0 Å². The third kappa shape index (κ3) is 5.38. The lowest BCUT2D eigenvalue weighted by Crippen LogP contribution is -2.50. The van der Waals surface area contributed by atoms with Gasteiger partial charge in [0.15, 0.2) is 0 Å². The van der Waals surface area contributed by atoms with Crippen LogP contribution in [0.2, 0.25) is 0 Å². The number of nitrogens with two attached hydrogens (primary N) is 1. The molecule has 2 heterocycles. The summed E-state index contributed by atoms with van der Waals surface area (Å²) in [6.45, 7) is 11.4. The van der Waals surface area contributed by atoms with Crippen molar-refractivity contribution in [1.29, 1.82) is 0 Å². The van der Waals surface area contributed by atoms with Crippen molar-refractivity contribution in [3.8, 4) is 0 Å². The van der Waals surface area contributed by atoms with Gasteiger partial charge in [-0.3, -0.25) is 14.6 Å². The lowest BCUT2D eigenvalue weighted by molar-refractivity contribution is -0.119. The van der Waals surface area contributed by atoms with Gasteiger partial charge >= 0.3 is 0 Å². The first-order valence-electron chi connectivity index (χ1n) is 12.2. The van der Waals surface area contributed by atoms with Crippen molar-refractivity contribution < 1.29 is 4.79 Å². The van der Waals surface area contributed by atoms with E-state index in [0.29, 0.717) is 5.82 Å². The molecule has 1 aromatic carbocycles. The Labute approximate surface area is 191 Å². The van der Waals surface area contributed by atoms with E-state index in [4.69, 9.17) is 15.7 Å². The van der Waals surface area contributed by atoms with Crippen LogP contribution in [0, 0.1) is 11.8 Å². The Morgan fingerprint density at radius 3 is 2.44 bits per heavy atom. The smallest absolute Gasteiger partial charge is 0.240 e. The zero-order valence-electron chi connectivity index (χ0n) is 19.8. The van der Waals surface area contributed by atoms with E-state index in [1.165, 1.54) is 25.7 Å². The Morgan fingerprint density at radius 2 is 1.78 bits per heavy atom. The van der Waals surface area contributed by atoms with Crippen LogP contribution in [-0.4, -0.2) is 63.9 Å². The third-order valence-electron chi connectivity index (χ3n) is 7.19. The van der Waals surface area contributed by atoms with E-state index in [1.807, 2.05) is 38.1 Å². The van der Waals surface area contributed by atoms with Gasteiger partial charge in [0.05, 0.1) is 12.1 Å². The van der Waals surface area contributed by atoms with Gasteiger partial charge in [-0.1, -0.05) is 32.9 Å². The number of nitrogens with zero attached hydrogens (tertiary/aromatic N) is 4. The molecule has 2 fully saturated rings. The fourth-order valence-corrected chi connectivity index (χ4v) is 5.11. The zero-order valence-corrected chi connectivity index (χ0v) is 19.8. The number of nitrogens with one attached hydrogen (secondary N) is 1. The normalized spacial score (nSPS) is 24.0. The first-order valence-corrected chi connectivity index (χ1v) is 12.2. The Bertz CT molecular complexity index is 916. The van der Waals surface area contributed by atoms with Crippen LogP contribution in [-0.2, 0) is 11.3 Å². The van der Waals surface area contributed by atoms with Crippen molar-refractivity contribution in [2.24, 2.45) is 17.6 Å². The second-order valence-electron chi connectivity index (χ2n) is 10.00. The van der Waals surface area contributed by atoms with Crippen molar-refractivity contribution in [2.45, 2.75) is 65.1 Å². The molecule has 32 heavy (non-hydrogen) atoms. The number of hydrogen-bond acceptors (Lipinski definition) is 6. The van der Waals surface area contributed by atoms with Crippen LogP contribution in [0.1, 0.15) is 52.3 Å². The monoisotopic (exact) mass is 438 g/mol. The van der Waals surface area contributed by atoms with Gasteiger partial charge in [-0.25, -0.2) is 9.97 Å². The molecule has 174 valence electrons. The SMILES string of the molecule is CC1CCC(N2CCN(Cc3nc(N[C@H](C(N)=O)C(C)C)c4ccccc4n3)CC2)CC1. The number of piperazine rings is 1. The van der Waals surface area contributed by atoms with Gasteiger partial charge in [0.2, 0.25) is 5.91 Å². The third-order valence-corrected chi connectivity index (χ3v) is 7.19. The number of aromatic nitrogens is 2. The molecule has 2 aromatic rings. The summed E-state index contributed by atoms with van der Waals surface area (Å²) in [5.41, 5.74) is 6.53. The second kappa shape index (κ2) is 10.1. The van der Waals surface area contributed by atoms with Gasteiger partial charge < -0.3 is 11.1 Å². The van der Waals surface area contributed by atoms with Crippen molar-refractivity contribution in [2.75, 3.05) is 31.5 Å². The molecule has 0 spiro atoms. The van der Waals surface area contributed by atoms with Crippen LogP contribution < -0.4 is 11.1 Å². The highest BCUT2D eigenvalue weighted by atomic mass is 16.1. The maximum absolute atomic E-state index is 12.0. The van der Waals surface area contributed by atoms with E-state index in [1.54, 1.807) is 0 Å². The molecule has 0 radical (unpaired) electrons. The summed E-state index contributed by atoms with van der Waals surface area (Å²) >= 11 is 0. The minimum absolute atomic E-state index is 0.0699. The van der Waals surface area contributed by atoms with Crippen LogP contribution in [0.25, 0.3) is 10.9 Å². The van der Waals surface area contributed by atoms with Crippen molar-refractivity contribution in [3.05, 3.63) is 30.1 Å². The Hall–Kier alpha value is -2.25. The van der Waals surface area contributed by atoms with Crippen LogP contribution in [0.4, 0.5) is 5.82 Å². The average molecular weight is 439 g/mol. The van der Waals surface area contributed by atoms with Gasteiger partial charge in [-0.2, -0.15) is 0 Å². The molecule has 0 bridgehead atoms. The molecule has 1 saturated carbocycles. The quantitative estimate of drug-likeness (QED) is 0.690. The fraction of sp³-hybridized carbons (Fsp3) is 0.640. The minimum atomic E-state index is -0.470. The zero-order chi connectivity index (χ0) is 22.7. The molecule has 1 aromatic heterocycles. The number of benzene rings is 1. The molecular formula is C25H38N6O. The summed E-state index contributed by atoms with van der Waals surface area (Å²) in [5, 5.41) is 4.22. The van der Waals surface area contributed by atoms with Gasteiger partial charge in [-0.05, 0) is 49.7 Å². The number of carbonyl (C=O) groups excluding carboxylic acids is 1. The highest BCUT2D eigenvalue weighted by Crippen LogP contribution is 2.28. The lowest BCUT2D eigenvalue weighted by Gasteiger charge is -2.41. The number of carbonyl (C=O) groups is 1. The molecule has 7 nitrogen and oxygen atoms in total. The van der Waals surface area contributed by atoms with Crippen LogP contribution >= 0.6 is 0 Å². The van der Waals surface area contributed by atoms with E-state index in [0.717, 1.165) is 61.4 Å². The van der Waals surface area contributed by atoms with Crippen LogP contribution in [0.5, 0.6) is 0 Å². The van der Waals surface area contributed by atoms with E-state index >= 15 is 0 Å². The summed E-state index contributed by atoms with van der Waals surface area (Å²) < 4.78 is 0. The number of amides is 1. The molecule has 1 aliphatic heterocycles. The predicted octanol–water partition coefficient (Wildman–Crippen LogP) is 3.25. The molecule has 1 saturated heterocycles. The lowest BCUT2D eigenvalue weighted by atomic mass is 9.86. The largest absolute Gasteiger partial charge is 0.368 e. The Morgan fingerprint density at radius 1 is 1.09 bits per heavy atom. The van der Waals surface area contributed by atoms with Gasteiger partial charge in [0.25, 0.3) is 0 Å². The molecule has 4 rings (SSSR count). The summed E-state index contributed by atoms with van der Waals surface area (Å²) in [7, 11) is 0. The summed E-state index contributed by atoms with van der Waals surface area (Å²) in [4.78, 5) is 26.8. The van der Waals surface area contributed by atoms with E-state index in [-0.39, 0.29) is 11.8 Å². The van der Waals surface area contributed by atoms with Gasteiger partial charge in [0, 0.05) is 37.6 Å². The van der Waals surface area contributed by atoms with Gasteiger partial charge in [-0.15, -0.1) is 0 Å². The summed E-state index contributed by atoms with van der Waals surface area (Å²) in [6, 6.07) is 8.24. The average Bonchev–Trinajstić information content (AvgIpc) is 2.78. The van der Waals surface area contributed by atoms with E-state index < -0.39 is 6.04 Å². The molecule has 2 aliphatic rings. The van der Waals surface area contributed by atoms with Crippen LogP contribution in [0.3, 0.4) is 0 Å². The predicted molar refractivity (Wildman–Crippen MR) is 129 cm³/mol. The van der Waals surface area contributed by atoms with Crippen LogP contribution in [0.15, 0.2) is 24.3 Å². The molecule has 3 N–H and O–H groups in total. The first kappa shape index (κ1) is 22.9. The van der Waals surface area contributed by atoms with Gasteiger partial charge in [0.1, 0.15) is 17.7 Å². The van der Waals surface area contributed by atoms with E-state index in [9.17, 15) is 4.79 Å². The van der Waals surface area contributed by atoms with E-state index in [2.05, 4.69) is 22.0 Å². The molecule has 7 heteroatoms. The Balaban J connectivity index is 1.45. The highest BCUT2D eigenvalue weighted by molar-refractivity contribution is 5.91. The second-order valence-corrected chi connectivity index (χ2v) is 10.00. The van der Waals surface area contributed by atoms with Crippen molar-refractivity contribution >= 4 is 22.6 Å². The van der Waals surface area contributed by atoms with Crippen molar-refractivity contribution in [1.82, 2.24) is 19.8 Å². The molecule has 1 aliphatic carbocycles. The number of rotatable bonds is 7. The summed E-state index contributed by atoms with van der Waals surface area (Å²) in [6.07, 6.45) is 5.43. The minimum Gasteiger partial charge on any atom is -0.368 e. The summed E-state index contributed by atoms with van der Waals surface area (Å²) in [5.74, 6) is 2.08. The highest BCUT2D eigenvalue weighted by Gasteiger charge is 2.27. The topological polar surface area (TPSA) is 87.4 Å². The molecule has 0 unspecified atom stereocenters. The number of anilines is 1. The number of hydrogen-bond donors (Lipinski definition) is 2. The standard InChI is InChI=1S/C25H38N6O/c1-17(2)23(24(26)32)29-25-20-6-4-5-7-21(20)27-22(28-25)16-30-12-14-31(15-13-30)19-10-8-18(3)9-11-19/h4-7,17-19,23H,8-16H2,1-3H3,(H2,26,32)(H,27,28,29)/t18?,19?,23-/m0/s1. The molecule has 1 atom stereocenters.